The number of hydrogen-bond donors (Lipinski definition) is 2. The summed E-state index contributed by atoms with van der Waals surface area (Å²) in [6.07, 6.45) is 9.10. The molecule has 6 rings (SSSR count). The summed E-state index contributed by atoms with van der Waals surface area (Å²) in [7, 11) is 0. The zero-order chi connectivity index (χ0) is 20.0. The van der Waals surface area contributed by atoms with Gasteiger partial charge >= 0.3 is 0 Å². The van der Waals surface area contributed by atoms with E-state index >= 15 is 0 Å². The van der Waals surface area contributed by atoms with Crippen LogP contribution in [0.5, 0.6) is 0 Å². The quantitative estimate of drug-likeness (QED) is 0.459. The summed E-state index contributed by atoms with van der Waals surface area (Å²) in [4.78, 5) is 22.8. The molecule has 0 saturated heterocycles. The molecule has 8 nitrogen and oxygen atoms in total. The van der Waals surface area contributed by atoms with Crippen LogP contribution in [0.2, 0.25) is 0 Å². The molecule has 1 aromatic heterocycles. The van der Waals surface area contributed by atoms with Gasteiger partial charge in [-0.05, 0) is 62.3 Å². The second-order valence-electron chi connectivity index (χ2n) is 8.92. The van der Waals surface area contributed by atoms with Gasteiger partial charge in [0.2, 0.25) is 0 Å². The van der Waals surface area contributed by atoms with Crippen LogP contribution in [0.4, 0.5) is 5.69 Å². The molecule has 2 N–H and O–H groups in total. The Morgan fingerprint density at radius 3 is 2.55 bits per heavy atom. The summed E-state index contributed by atoms with van der Waals surface area (Å²) in [6.45, 7) is 0. The van der Waals surface area contributed by atoms with E-state index in [0.29, 0.717) is 11.3 Å². The zero-order valence-corrected chi connectivity index (χ0v) is 16.0. The number of carbonyl (C=O) groups excluding carboxylic acids is 1. The minimum absolute atomic E-state index is 0.0206. The Morgan fingerprint density at radius 2 is 1.90 bits per heavy atom. The standard InChI is InChI=1S/C21H23N5O3/c27-20(25-22-12-13-2-1-3-17(7-13)26(28)29)18-8-19(24-23-18)21-9-14-4-15(10-21)6-16(5-14)11-21/h1-3,7-8,12,14-16H,4-6,9-11H2,(H,23,24)(H,25,27)/b22-12-. The molecule has 8 heteroatoms. The third kappa shape index (κ3) is 3.32. The maximum atomic E-state index is 12.4. The first-order valence-electron chi connectivity index (χ1n) is 10.1. The lowest BCUT2D eigenvalue weighted by Gasteiger charge is -2.56. The zero-order valence-electron chi connectivity index (χ0n) is 16.0. The van der Waals surface area contributed by atoms with Gasteiger partial charge in [-0.25, -0.2) is 5.43 Å². The molecular formula is C21H23N5O3. The van der Waals surface area contributed by atoms with Gasteiger partial charge in [0.1, 0.15) is 0 Å². The molecule has 4 saturated carbocycles. The Morgan fingerprint density at radius 1 is 1.21 bits per heavy atom. The predicted octanol–water partition coefficient (Wildman–Crippen LogP) is 3.55. The van der Waals surface area contributed by atoms with E-state index in [-0.39, 0.29) is 17.0 Å². The minimum atomic E-state index is -0.467. The average Bonchev–Trinajstić information content (AvgIpc) is 3.18. The number of carbonyl (C=O) groups is 1. The van der Waals surface area contributed by atoms with Gasteiger partial charge in [0, 0.05) is 28.8 Å². The fourth-order valence-electron chi connectivity index (χ4n) is 6.09. The predicted molar refractivity (Wildman–Crippen MR) is 107 cm³/mol. The van der Waals surface area contributed by atoms with Crippen LogP contribution in [-0.4, -0.2) is 27.2 Å². The molecule has 4 aliphatic rings. The minimum Gasteiger partial charge on any atom is -0.281 e. The highest BCUT2D eigenvalue weighted by Crippen LogP contribution is 2.60. The number of hydrazone groups is 1. The summed E-state index contributed by atoms with van der Waals surface area (Å²) in [5.74, 6) is 2.07. The van der Waals surface area contributed by atoms with Crippen molar-refractivity contribution >= 4 is 17.8 Å². The molecule has 4 aliphatic carbocycles. The van der Waals surface area contributed by atoms with Gasteiger partial charge in [-0.3, -0.25) is 20.0 Å². The van der Waals surface area contributed by atoms with E-state index in [4.69, 9.17) is 0 Å². The van der Waals surface area contributed by atoms with Gasteiger partial charge in [0.05, 0.1) is 11.1 Å². The van der Waals surface area contributed by atoms with Gasteiger partial charge < -0.3 is 0 Å². The second kappa shape index (κ2) is 6.79. The molecular weight excluding hydrogens is 370 g/mol. The van der Waals surface area contributed by atoms with E-state index in [9.17, 15) is 14.9 Å². The highest BCUT2D eigenvalue weighted by molar-refractivity contribution is 5.93. The van der Waals surface area contributed by atoms with Crippen molar-refractivity contribution in [2.75, 3.05) is 0 Å². The number of aromatic nitrogens is 2. The van der Waals surface area contributed by atoms with Crippen molar-refractivity contribution in [1.82, 2.24) is 15.6 Å². The fraction of sp³-hybridized carbons (Fsp3) is 0.476. The molecule has 150 valence electrons. The number of rotatable bonds is 5. The van der Waals surface area contributed by atoms with Crippen molar-refractivity contribution in [3.63, 3.8) is 0 Å². The van der Waals surface area contributed by atoms with E-state index in [1.807, 2.05) is 6.07 Å². The monoisotopic (exact) mass is 393 g/mol. The molecule has 4 fully saturated rings. The van der Waals surface area contributed by atoms with Crippen molar-refractivity contribution in [3.8, 4) is 0 Å². The van der Waals surface area contributed by atoms with E-state index < -0.39 is 4.92 Å². The Hall–Kier alpha value is -3.03. The third-order valence-electron chi connectivity index (χ3n) is 6.88. The van der Waals surface area contributed by atoms with Gasteiger partial charge in [-0.2, -0.15) is 10.2 Å². The molecule has 0 spiro atoms. The first kappa shape index (κ1) is 18.0. The highest BCUT2D eigenvalue weighted by Gasteiger charge is 2.52. The van der Waals surface area contributed by atoms with Crippen LogP contribution < -0.4 is 5.43 Å². The molecule has 2 aromatic rings. The van der Waals surface area contributed by atoms with Gasteiger partial charge in [0.15, 0.2) is 5.69 Å². The summed E-state index contributed by atoms with van der Waals surface area (Å²) in [5, 5.41) is 22.1. The second-order valence-corrected chi connectivity index (χ2v) is 8.92. The summed E-state index contributed by atoms with van der Waals surface area (Å²) >= 11 is 0. The van der Waals surface area contributed by atoms with Crippen molar-refractivity contribution in [2.45, 2.75) is 43.9 Å². The van der Waals surface area contributed by atoms with E-state index in [1.54, 1.807) is 12.1 Å². The van der Waals surface area contributed by atoms with Crippen LogP contribution >= 0.6 is 0 Å². The van der Waals surface area contributed by atoms with Crippen LogP contribution in [0.1, 0.15) is 60.3 Å². The lowest BCUT2D eigenvalue weighted by atomic mass is 9.49. The Balaban J connectivity index is 1.27. The van der Waals surface area contributed by atoms with Crippen LogP contribution in [0.15, 0.2) is 35.4 Å². The number of H-pyrrole nitrogens is 1. The van der Waals surface area contributed by atoms with E-state index in [0.717, 1.165) is 23.4 Å². The van der Waals surface area contributed by atoms with Crippen molar-refractivity contribution in [3.05, 3.63) is 57.4 Å². The van der Waals surface area contributed by atoms with Gasteiger partial charge in [-0.1, -0.05) is 12.1 Å². The molecule has 0 atom stereocenters. The van der Waals surface area contributed by atoms with E-state index in [2.05, 4.69) is 20.7 Å². The largest absolute Gasteiger partial charge is 0.291 e. The maximum absolute atomic E-state index is 12.4. The first-order chi connectivity index (χ1) is 14.0. The molecule has 4 bridgehead atoms. The number of nitrogens with zero attached hydrogens (tertiary/aromatic N) is 3. The number of nitro benzene ring substituents is 1. The Kier molecular flexibility index (Phi) is 4.22. The van der Waals surface area contributed by atoms with Crippen molar-refractivity contribution < 1.29 is 9.72 Å². The van der Waals surface area contributed by atoms with E-state index in [1.165, 1.54) is 56.9 Å². The highest BCUT2D eigenvalue weighted by atomic mass is 16.6. The molecule has 0 aliphatic heterocycles. The van der Waals surface area contributed by atoms with Gasteiger partial charge in [0.25, 0.3) is 11.6 Å². The summed E-state index contributed by atoms with van der Waals surface area (Å²) in [6, 6.07) is 7.95. The average molecular weight is 393 g/mol. The number of benzene rings is 1. The molecule has 1 heterocycles. The SMILES string of the molecule is O=C(N/N=C\c1cccc([N+](=O)[O-])c1)c1cc(C23CC4CC(CC(C4)C2)C3)[nH]n1. The molecule has 0 unspecified atom stereocenters. The summed E-state index contributed by atoms with van der Waals surface area (Å²) in [5.41, 5.74) is 4.55. The van der Waals surface area contributed by atoms with Crippen molar-refractivity contribution in [1.29, 1.82) is 0 Å². The van der Waals surface area contributed by atoms with Crippen LogP contribution in [-0.2, 0) is 5.41 Å². The maximum Gasteiger partial charge on any atom is 0.291 e. The van der Waals surface area contributed by atoms with Crippen LogP contribution in [0.25, 0.3) is 0 Å². The lowest BCUT2D eigenvalue weighted by Crippen LogP contribution is -2.48. The van der Waals surface area contributed by atoms with Crippen LogP contribution in [0.3, 0.4) is 0 Å². The topological polar surface area (TPSA) is 113 Å². The first-order valence-corrected chi connectivity index (χ1v) is 10.1. The lowest BCUT2D eigenvalue weighted by molar-refractivity contribution is -0.384. The number of amides is 1. The number of hydrogen-bond acceptors (Lipinski definition) is 5. The number of nitrogens with one attached hydrogen (secondary N) is 2. The van der Waals surface area contributed by atoms with Crippen LogP contribution in [0, 0.1) is 27.9 Å². The summed E-state index contributed by atoms with van der Waals surface area (Å²) < 4.78 is 0. The Bertz CT molecular complexity index is 960. The smallest absolute Gasteiger partial charge is 0.281 e. The number of nitro groups is 1. The molecule has 1 amide bonds. The Labute approximate surface area is 167 Å². The molecule has 1 aromatic carbocycles. The normalized spacial score (nSPS) is 30.0. The van der Waals surface area contributed by atoms with Crippen molar-refractivity contribution in [2.24, 2.45) is 22.9 Å². The van der Waals surface area contributed by atoms with Gasteiger partial charge in [-0.15, -0.1) is 0 Å². The fourth-order valence-corrected chi connectivity index (χ4v) is 6.09. The molecule has 29 heavy (non-hydrogen) atoms. The third-order valence-corrected chi connectivity index (χ3v) is 6.88. The molecule has 0 radical (unpaired) electrons. The number of aromatic amines is 1. The number of non-ortho nitro benzene ring substituents is 1.